The Bertz CT molecular complexity index is 736. The quantitative estimate of drug-likeness (QED) is 0.720. The summed E-state index contributed by atoms with van der Waals surface area (Å²) in [4.78, 5) is 11.0. The summed E-state index contributed by atoms with van der Waals surface area (Å²) in [5, 5.41) is 4.46. The number of rotatable bonds is 4. The zero-order valence-electron chi connectivity index (χ0n) is 11.3. The highest BCUT2D eigenvalue weighted by molar-refractivity contribution is 7.18. The molecule has 0 atom stereocenters. The van der Waals surface area contributed by atoms with Gasteiger partial charge in [-0.3, -0.25) is 0 Å². The smallest absolute Gasteiger partial charge is 0.138 e. The predicted molar refractivity (Wildman–Crippen MR) is 85.0 cm³/mol. The first-order valence-corrected chi connectivity index (χ1v) is 7.39. The Morgan fingerprint density at radius 2 is 2.15 bits per heavy atom. The zero-order valence-corrected chi connectivity index (χ0v) is 12.1. The number of nitrogen functional groups attached to an aromatic ring is 1. The van der Waals surface area contributed by atoms with Crippen molar-refractivity contribution < 1.29 is 0 Å². The molecule has 102 valence electrons. The van der Waals surface area contributed by atoms with Crippen LogP contribution in [-0.2, 0) is 13.0 Å². The number of aryl methyl sites for hydroxylation is 1. The van der Waals surface area contributed by atoms with Crippen molar-refractivity contribution in [3.63, 3.8) is 0 Å². The van der Waals surface area contributed by atoms with Gasteiger partial charge in [0.1, 0.15) is 17.0 Å². The van der Waals surface area contributed by atoms with Crippen molar-refractivity contribution in [1.29, 1.82) is 0 Å². The summed E-state index contributed by atoms with van der Waals surface area (Å²) in [5.41, 5.74) is 7.71. The summed E-state index contributed by atoms with van der Waals surface area (Å²) in [5.74, 6) is 0.883. The van der Waals surface area contributed by atoms with Crippen LogP contribution in [0.3, 0.4) is 0 Å². The van der Waals surface area contributed by atoms with Crippen molar-refractivity contribution >= 4 is 33.1 Å². The van der Waals surface area contributed by atoms with Gasteiger partial charge >= 0.3 is 0 Å². The first-order chi connectivity index (χ1) is 9.76. The molecule has 0 saturated carbocycles. The Labute approximate surface area is 121 Å². The van der Waals surface area contributed by atoms with Crippen molar-refractivity contribution in [1.82, 2.24) is 9.97 Å². The third-order valence-electron chi connectivity index (χ3n) is 3.14. The number of thiophene rings is 1. The topological polar surface area (TPSA) is 63.8 Å². The van der Waals surface area contributed by atoms with Gasteiger partial charge in [-0.2, -0.15) is 0 Å². The molecular formula is C15H16N4S. The minimum atomic E-state index is 0.703. The number of nitrogens with zero attached hydrogens (tertiary/aromatic N) is 2. The van der Waals surface area contributed by atoms with Crippen LogP contribution in [0.2, 0.25) is 0 Å². The van der Waals surface area contributed by atoms with E-state index in [1.807, 2.05) is 24.3 Å². The second kappa shape index (κ2) is 5.46. The molecule has 0 amide bonds. The van der Waals surface area contributed by atoms with E-state index in [-0.39, 0.29) is 0 Å². The Morgan fingerprint density at radius 1 is 1.25 bits per heavy atom. The molecule has 0 aliphatic heterocycles. The van der Waals surface area contributed by atoms with Crippen LogP contribution in [-0.4, -0.2) is 9.97 Å². The van der Waals surface area contributed by atoms with Crippen LogP contribution in [0.1, 0.15) is 17.4 Å². The molecule has 0 spiro atoms. The number of aromatic nitrogens is 2. The molecule has 0 fully saturated rings. The Hall–Kier alpha value is -2.14. The predicted octanol–water partition coefficient (Wildman–Crippen LogP) is 3.45. The SMILES string of the molecule is CCc1cc2c(NCc3cccc(N)c3)ncnc2s1. The van der Waals surface area contributed by atoms with Gasteiger partial charge in [0.05, 0.1) is 5.39 Å². The summed E-state index contributed by atoms with van der Waals surface area (Å²) in [6.45, 7) is 2.85. The van der Waals surface area contributed by atoms with Crippen molar-refractivity contribution in [2.45, 2.75) is 19.9 Å². The second-order valence-corrected chi connectivity index (χ2v) is 5.72. The number of hydrogen-bond donors (Lipinski definition) is 2. The fourth-order valence-corrected chi connectivity index (χ4v) is 3.04. The van der Waals surface area contributed by atoms with Crippen LogP contribution in [0, 0.1) is 0 Å². The Balaban J connectivity index is 1.85. The molecule has 0 aliphatic carbocycles. The van der Waals surface area contributed by atoms with Crippen molar-refractivity contribution in [3.8, 4) is 0 Å². The van der Waals surface area contributed by atoms with Crippen LogP contribution < -0.4 is 11.1 Å². The lowest BCUT2D eigenvalue weighted by molar-refractivity contribution is 1.11. The van der Waals surface area contributed by atoms with Crippen LogP contribution in [0.5, 0.6) is 0 Å². The van der Waals surface area contributed by atoms with Crippen LogP contribution in [0.4, 0.5) is 11.5 Å². The van der Waals surface area contributed by atoms with Gasteiger partial charge in [-0.15, -0.1) is 11.3 Å². The fourth-order valence-electron chi connectivity index (χ4n) is 2.11. The van der Waals surface area contributed by atoms with Gasteiger partial charge in [-0.25, -0.2) is 9.97 Å². The molecule has 0 bridgehead atoms. The molecule has 4 nitrogen and oxygen atoms in total. The normalized spacial score (nSPS) is 10.8. The highest BCUT2D eigenvalue weighted by atomic mass is 32.1. The van der Waals surface area contributed by atoms with E-state index < -0.39 is 0 Å². The second-order valence-electron chi connectivity index (χ2n) is 4.61. The molecule has 2 aromatic heterocycles. The van der Waals surface area contributed by atoms with Crippen molar-refractivity contribution in [3.05, 3.63) is 47.1 Å². The van der Waals surface area contributed by atoms with E-state index >= 15 is 0 Å². The number of fused-ring (bicyclic) bond motifs is 1. The Morgan fingerprint density at radius 3 is 2.95 bits per heavy atom. The molecular weight excluding hydrogens is 268 g/mol. The van der Waals surface area contributed by atoms with Crippen molar-refractivity contribution in [2.75, 3.05) is 11.1 Å². The monoisotopic (exact) mass is 284 g/mol. The lowest BCUT2D eigenvalue weighted by atomic mass is 10.2. The summed E-state index contributed by atoms with van der Waals surface area (Å²) in [7, 11) is 0. The molecule has 2 heterocycles. The maximum atomic E-state index is 5.79. The van der Waals surface area contributed by atoms with Crippen LogP contribution in [0.25, 0.3) is 10.2 Å². The maximum absolute atomic E-state index is 5.79. The van der Waals surface area contributed by atoms with Gasteiger partial charge in [-0.05, 0) is 30.2 Å². The minimum absolute atomic E-state index is 0.703. The number of anilines is 2. The molecule has 0 radical (unpaired) electrons. The van der Waals surface area contributed by atoms with Gasteiger partial charge in [0.25, 0.3) is 0 Å². The molecule has 0 unspecified atom stereocenters. The zero-order chi connectivity index (χ0) is 13.9. The third kappa shape index (κ3) is 2.58. The van der Waals surface area contributed by atoms with E-state index in [0.29, 0.717) is 6.54 Å². The van der Waals surface area contributed by atoms with E-state index in [0.717, 1.165) is 33.7 Å². The molecule has 3 rings (SSSR count). The number of nitrogens with one attached hydrogen (secondary N) is 1. The third-order valence-corrected chi connectivity index (χ3v) is 4.33. The number of nitrogens with two attached hydrogens (primary N) is 1. The summed E-state index contributed by atoms with van der Waals surface area (Å²) in [6.07, 6.45) is 2.63. The van der Waals surface area contributed by atoms with Crippen LogP contribution in [0.15, 0.2) is 36.7 Å². The molecule has 1 aromatic carbocycles. The average molecular weight is 284 g/mol. The molecule has 20 heavy (non-hydrogen) atoms. The molecule has 5 heteroatoms. The lowest BCUT2D eigenvalue weighted by Gasteiger charge is -2.07. The van der Waals surface area contributed by atoms with Crippen molar-refractivity contribution in [2.24, 2.45) is 0 Å². The summed E-state index contributed by atoms with van der Waals surface area (Å²) >= 11 is 1.72. The average Bonchev–Trinajstić information content (AvgIpc) is 2.89. The van der Waals surface area contributed by atoms with Gasteiger partial charge in [0, 0.05) is 17.1 Å². The largest absolute Gasteiger partial charge is 0.399 e. The van der Waals surface area contributed by atoms with E-state index in [1.165, 1.54) is 4.88 Å². The van der Waals surface area contributed by atoms with Gasteiger partial charge in [0.2, 0.25) is 0 Å². The molecule has 3 aromatic rings. The first-order valence-electron chi connectivity index (χ1n) is 6.58. The summed E-state index contributed by atoms with van der Waals surface area (Å²) < 4.78 is 0. The van der Waals surface area contributed by atoms with Gasteiger partial charge in [0.15, 0.2) is 0 Å². The first kappa shape index (κ1) is 12.9. The minimum Gasteiger partial charge on any atom is -0.399 e. The Kier molecular flexibility index (Phi) is 3.52. The molecule has 0 saturated heterocycles. The van der Waals surface area contributed by atoms with Gasteiger partial charge < -0.3 is 11.1 Å². The van der Waals surface area contributed by atoms with E-state index in [2.05, 4.69) is 28.3 Å². The van der Waals surface area contributed by atoms with E-state index in [9.17, 15) is 0 Å². The molecule has 0 aliphatic rings. The number of benzene rings is 1. The highest BCUT2D eigenvalue weighted by Crippen LogP contribution is 2.28. The van der Waals surface area contributed by atoms with Crippen LogP contribution >= 0.6 is 11.3 Å². The van der Waals surface area contributed by atoms with E-state index in [1.54, 1.807) is 17.7 Å². The number of hydrogen-bond acceptors (Lipinski definition) is 5. The lowest BCUT2D eigenvalue weighted by Crippen LogP contribution is -2.02. The standard InChI is InChI=1S/C15H16N4S/c1-2-12-7-13-14(18-9-19-15(13)20-12)17-8-10-4-3-5-11(16)6-10/h3-7,9H,2,8,16H2,1H3,(H,17,18,19). The van der Waals surface area contributed by atoms with E-state index in [4.69, 9.17) is 5.73 Å². The highest BCUT2D eigenvalue weighted by Gasteiger charge is 2.07. The van der Waals surface area contributed by atoms with Gasteiger partial charge in [-0.1, -0.05) is 19.1 Å². The summed E-state index contributed by atoms with van der Waals surface area (Å²) in [6, 6.07) is 10.0. The maximum Gasteiger partial charge on any atom is 0.138 e. The fraction of sp³-hybridized carbons (Fsp3) is 0.200. The molecule has 3 N–H and O–H groups in total.